The molecule has 1 aliphatic rings. The highest BCUT2D eigenvalue weighted by atomic mass is 79.9. The van der Waals surface area contributed by atoms with Crippen LogP contribution in [-0.2, 0) is 14.3 Å². The molecule has 0 saturated carbocycles. The minimum Gasteiger partial charge on any atom is -0.376 e. The Morgan fingerprint density at radius 1 is 1.43 bits per heavy atom. The van der Waals surface area contributed by atoms with E-state index in [9.17, 15) is 9.59 Å². The van der Waals surface area contributed by atoms with Crippen molar-refractivity contribution in [3.8, 4) is 0 Å². The van der Waals surface area contributed by atoms with Gasteiger partial charge in [0.25, 0.3) is 0 Å². The second-order valence-corrected chi connectivity index (χ2v) is 6.72. The number of anilines is 1. The predicted octanol–water partition coefficient (Wildman–Crippen LogP) is 3.11. The van der Waals surface area contributed by atoms with Gasteiger partial charge in [0.05, 0.1) is 6.10 Å². The van der Waals surface area contributed by atoms with Gasteiger partial charge < -0.3 is 15.0 Å². The average molecular weight is 383 g/mol. The maximum absolute atomic E-state index is 12.1. The van der Waals surface area contributed by atoms with Gasteiger partial charge in [-0.05, 0) is 37.5 Å². The minimum absolute atomic E-state index is 0.0219. The third kappa shape index (κ3) is 5.62. The van der Waals surface area contributed by atoms with E-state index < -0.39 is 0 Å². The van der Waals surface area contributed by atoms with Crippen molar-refractivity contribution in [2.45, 2.75) is 39.2 Å². The normalized spacial score (nSPS) is 17.1. The first-order valence-corrected chi connectivity index (χ1v) is 8.68. The zero-order valence-electron chi connectivity index (χ0n) is 13.6. The molecule has 2 amide bonds. The van der Waals surface area contributed by atoms with Crippen molar-refractivity contribution in [3.05, 3.63) is 28.2 Å². The lowest BCUT2D eigenvalue weighted by molar-refractivity contribution is -0.130. The number of benzene rings is 1. The van der Waals surface area contributed by atoms with Crippen LogP contribution in [0.15, 0.2) is 22.7 Å². The maximum atomic E-state index is 12.1. The summed E-state index contributed by atoms with van der Waals surface area (Å²) in [4.78, 5) is 25.5. The fourth-order valence-electron chi connectivity index (χ4n) is 2.54. The summed E-state index contributed by atoms with van der Waals surface area (Å²) in [6, 6.07) is 5.69. The molecule has 5 nitrogen and oxygen atoms in total. The molecule has 1 N–H and O–H groups in total. The lowest BCUT2D eigenvalue weighted by Gasteiger charge is -2.23. The van der Waals surface area contributed by atoms with Gasteiger partial charge in [0.1, 0.15) is 0 Å². The van der Waals surface area contributed by atoms with Crippen LogP contribution in [0.2, 0.25) is 0 Å². The van der Waals surface area contributed by atoms with E-state index in [4.69, 9.17) is 4.74 Å². The molecule has 0 aliphatic carbocycles. The maximum Gasteiger partial charge on any atom is 0.226 e. The molecule has 126 valence electrons. The Morgan fingerprint density at radius 3 is 2.83 bits per heavy atom. The van der Waals surface area contributed by atoms with Gasteiger partial charge in [-0.1, -0.05) is 22.0 Å². The van der Waals surface area contributed by atoms with Gasteiger partial charge in [-0.15, -0.1) is 0 Å². The number of nitrogens with one attached hydrogen (secondary N) is 1. The SMILES string of the molecule is CC(=O)N(CCC(=O)Nc1ccc(C)c(Br)c1)CC1CCCO1. The van der Waals surface area contributed by atoms with Crippen molar-refractivity contribution in [3.63, 3.8) is 0 Å². The van der Waals surface area contributed by atoms with Gasteiger partial charge in [-0.25, -0.2) is 0 Å². The van der Waals surface area contributed by atoms with Crippen molar-refractivity contribution in [2.75, 3.05) is 25.0 Å². The van der Waals surface area contributed by atoms with Crippen molar-refractivity contribution >= 4 is 33.4 Å². The van der Waals surface area contributed by atoms with Gasteiger partial charge in [-0.3, -0.25) is 9.59 Å². The Balaban J connectivity index is 1.83. The van der Waals surface area contributed by atoms with E-state index in [0.29, 0.717) is 13.1 Å². The molecule has 1 heterocycles. The summed E-state index contributed by atoms with van der Waals surface area (Å²) in [7, 11) is 0. The number of amides is 2. The lowest BCUT2D eigenvalue weighted by Crippen LogP contribution is -2.37. The van der Waals surface area contributed by atoms with Gasteiger partial charge >= 0.3 is 0 Å². The number of nitrogens with zero attached hydrogens (tertiary/aromatic N) is 1. The number of aryl methyl sites for hydroxylation is 1. The molecular formula is C17H23BrN2O3. The smallest absolute Gasteiger partial charge is 0.226 e. The topological polar surface area (TPSA) is 58.6 Å². The second-order valence-electron chi connectivity index (χ2n) is 5.86. The fraction of sp³-hybridized carbons (Fsp3) is 0.529. The van der Waals surface area contributed by atoms with Crippen molar-refractivity contribution in [1.82, 2.24) is 4.90 Å². The van der Waals surface area contributed by atoms with Crippen LogP contribution in [0.3, 0.4) is 0 Å². The van der Waals surface area contributed by atoms with Crippen LogP contribution < -0.4 is 5.32 Å². The van der Waals surface area contributed by atoms with Crippen LogP contribution >= 0.6 is 15.9 Å². The van der Waals surface area contributed by atoms with Crippen molar-refractivity contribution < 1.29 is 14.3 Å². The molecule has 1 fully saturated rings. The molecule has 0 spiro atoms. The van der Waals surface area contributed by atoms with Gasteiger partial charge in [-0.2, -0.15) is 0 Å². The van der Waals surface area contributed by atoms with Crippen LogP contribution in [0.5, 0.6) is 0 Å². The van der Waals surface area contributed by atoms with E-state index in [1.165, 1.54) is 6.92 Å². The number of carbonyl (C=O) groups excluding carboxylic acids is 2. The summed E-state index contributed by atoms with van der Waals surface area (Å²) in [5.41, 5.74) is 1.86. The van der Waals surface area contributed by atoms with E-state index in [1.54, 1.807) is 4.90 Å². The fourth-order valence-corrected chi connectivity index (χ4v) is 2.92. The standard InChI is InChI=1S/C17H23BrN2O3/c1-12-5-6-14(10-16(12)18)19-17(22)7-8-20(13(2)21)11-15-4-3-9-23-15/h5-6,10,15H,3-4,7-9,11H2,1-2H3,(H,19,22). The molecule has 0 radical (unpaired) electrons. The number of carbonyl (C=O) groups is 2. The monoisotopic (exact) mass is 382 g/mol. The summed E-state index contributed by atoms with van der Waals surface area (Å²) < 4.78 is 6.52. The summed E-state index contributed by atoms with van der Waals surface area (Å²) in [5.74, 6) is -0.120. The summed E-state index contributed by atoms with van der Waals surface area (Å²) in [5, 5.41) is 2.86. The van der Waals surface area contributed by atoms with Crippen LogP contribution in [0.25, 0.3) is 0 Å². The zero-order valence-corrected chi connectivity index (χ0v) is 15.2. The minimum atomic E-state index is -0.0978. The summed E-state index contributed by atoms with van der Waals surface area (Å²) >= 11 is 3.45. The summed E-state index contributed by atoms with van der Waals surface area (Å²) in [6.07, 6.45) is 2.40. The van der Waals surface area contributed by atoms with Crippen LogP contribution in [0, 0.1) is 6.92 Å². The number of hydrogen-bond donors (Lipinski definition) is 1. The van der Waals surface area contributed by atoms with E-state index in [2.05, 4.69) is 21.2 Å². The molecule has 2 rings (SSSR count). The second kappa shape index (κ2) is 8.45. The number of ether oxygens (including phenoxy) is 1. The molecule has 23 heavy (non-hydrogen) atoms. The van der Waals surface area contributed by atoms with E-state index in [-0.39, 0.29) is 24.3 Å². The summed E-state index contributed by atoms with van der Waals surface area (Å²) in [6.45, 7) is 5.27. The third-order valence-corrected chi connectivity index (χ3v) is 4.81. The number of halogens is 1. The molecule has 1 saturated heterocycles. The zero-order chi connectivity index (χ0) is 16.8. The Kier molecular flexibility index (Phi) is 6.59. The van der Waals surface area contributed by atoms with Crippen LogP contribution in [0.4, 0.5) is 5.69 Å². The number of rotatable bonds is 6. The third-order valence-electron chi connectivity index (χ3n) is 3.96. The van der Waals surface area contributed by atoms with Crippen molar-refractivity contribution in [1.29, 1.82) is 0 Å². The Bertz CT molecular complexity index is 571. The first kappa shape index (κ1) is 17.9. The van der Waals surface area contributed by atoms with Gasteiger partial charge in [0.2, 0.25) is 11.8 Å². The van der Waals surface area contributed by atoms with Crippen LogP contribution in [0.1, 0.15) is 31.7 Å². The highest BCUT2D eigenvalue weighted by molar-refractivity contribution is 9.10. The van der Waals surface area contributed by atoms with E-state index >= 15 is 0 Å². The highest BCUT2D eigenvalue weighted by Gasteiger charge is 2.21. The molecule has 1 aliphatic heterocycles. The Hall–Kier alpha value is -1.40. The number of hydrogen-bond acceptors (Lipinski definition) is 3. The van der Waals surface area contributed by atoms with Gasteiger partial charge in [0.15, 0.2) is 0 Å². The molecule has 1 aromatic carbocycles. The van der Waals surface area contributed by atoms with E-state index in [0.717, 1.165) is 35.2 Å². The molecule has 0 bridgehead atoms. The molecular weight excluding hydrogens is 360 g/mol. The highest BCUT2D eigenvalue weighted by Crippen LogP contribution is 2.20. The first-order valence-electron chi connectivity index (χ1n) is 7.89. The molecule has 1 atom stereocenters. The molecule has 0 aromatic heterocycles. The first-order chi connectivity index (χ1) is 11.0. The Morgan fingerprint density at radius 2 is 2.22 bits per heavy atom. The average Bonchev–Trinajstić information content (AvgIpc) is 3.00. The van der Waals surface area contributed by atoms with Crippen molar-refractivity contribution in [2.24, 2.45) is 0 Å². The molecule has 6 heteroatoms. The predicted molar refractivity (Wildman–Crippen MR) is 93.4 cm³/mol. The molecule has 1 unspecified atom stereocenters. The lowest BCUT2D eigenvalue weighted by atomic mass is 10.2. The van der Waals surface area contributed by atoms with E-state index in [1.807, 2.05) is 25.1 Å². The van der Waals surface area contributed by atoms with Crippen LogP contribution in [-0.4, -0.2) is 42.5 Å². The Labute approximate surface area is 145 Å². The van der Waals surface area contributed by atoms with Gasteiger partial charge in [0, 0.05) is 43.2 Å². The quantitative estimate of drug-likeness (QED) is 0.821. The molecule has 1 aromatic rings. The largest absolute Gasteiger partial charge is 0.376 e.